The highest BCUT2D eigenvalue weighted by molar-refractivity contribution is 7.85. The van der Waals surface area contributed by atoms with Crippen LogP contribution in [-0.2, 0) is 51.4 Å². The molecule has 4 heterocycles. The molecule has 70 heavy (non-hydrogen) atoms. The number of allylic oxidation sites excluding steroid dienone is 8. The van der Waals surface area contributed by atoms with E-state index in [0.717, 1.165) is 50.6 Å². The van der Waals surface area contributed by atoms with Gasteiger partial charge in [0.25, 0.3) is 27.8 Å². The fourth-order valence-electron chi connectivity index (χ4n) is 10.1. The van der Waals surface area contributed by atoms with Gasteiger partial charge < -0.3 is 24.9 Å². The minimum atomic E-state index is -4.44. The first kappa shape index (κ1) is 51.5. The average Bonchev–Trinajstić information content (AvgIpc) is 3.82. The number of phenols is 1. The van der Waals surface area contributed by atoms with Gasteiger partial charge in [0.05, 0.1) is 10.3 Å². The molecule has 4 aliphatic heterocycles. The number of ether oxygens (including phenoxy) is 1. The van der Waals surface area contributed by atoms with Gasteiger partial charge in [0, 0.05) is 85.3 Å². The summed E-state index contributed by atoms with van der Waals surface area (Å²) in [6.07, 6.45) is 17.8. The first-order valence-electron chi connectivity index (χ1n) is 24.2. The lowest BCUT2D eigenvalue weighted by molar-refractivity contribution is -0.438. The first-order valence-corrected chi connectivity index (χ1v) is 25.6. The summed E-state index contributed by atoms with van der Waals surface area (Å²) in [5.41, 5.74) is 8.66. The predicted molar refractivity (Wildman–Crippen MR) is 269 cm³/mol. The lowest BCUT2D eigenvalue weighted by Crippen LogP contribution is -2.51. The number of hydrogen-bond donors (Lipinski definition) is 3. The molecule has 372 valence electrons. The van der Waals surface area contributed by atoms with Gasteiger partial charge in [0.2, 0.25) is 5.69 Å². The third-order valence-corrected chi connectivity index (χ3v) is 15.3. The van der Waals surface area contributed by atoms with E-state index in [2.05, 4.69) is 59.8 Å². The Kier molecular flexibility index (Phi) is 14.9. The minimum absolute atomic E-state index is 0.0329. The minimum Gasteiger partial charge on any atom is -0.507 e. The quantitative estimate of drug-likeness (QED) is 0.0386. The van der Waals surface area contributed by atoms with Crippen LogP contribution >= 0.6 is 0 Å². The zero-order valence-electron chi connectivity index (χ0n) is 41.9. The summed E-state index contributed by atoms with van der Waals surface area (Å²) < 4.78 is 42.8. The Morgan fingerprint density at radius 1 is 0.829 bits per heavy atom. The number of benzene rings is 3. The van der Waals surface area contributed by atoms with E-state index in [1.165, 1.54) is 23.3 Å². The second-order valence-corrected chi connectivity index (χ2v) is 21.5. The molecule has 1 unspecified atom stereocenters. The standard InChI is InChI=1S/C55H66N4O10S/c1-35-22-24-43-41(33-35)53(5,6)45(58(43)32-18-30-56-52(64)55(9)29-28-40-38(4)50(63)36(2)37(3)51(40)68-55)19-14-11-10-12-15-20-46-54(7,8)42-34-39(70(65,66)67)23-25-44(42)57(46)31-17-13-16-21-49(62)69-59-47(60)26-27-48(59)61/h10-12,14-15,19-20,22-25,33-34H,13,16-18,21,26-32H2,1-9H3,(H2-,56,63,64,65,66,67)/p+1. The molecule has 0 bridgehead atoms. The van der Waals surface area contributed by atoms with Crippen molar-refractivity contribution in [2.24, 2.45) is 0 Å². The summed E-state index contributed by atoms with van der Waals surface area (Å²) in [4.78, 5) is 56.9. The molecule has 3 amide bonds. The number of phenolic OH excluding ortho intramolecular Hbond substituents is 1. The highest BCUT2D eigenvalue weighted by Gasteiger charge is 2.45. The van der Waals surface area contributed by atoms with Crippen LogP contribution in [0.4, 0.5) is 11.4 Å². The van der Waals surface area contributed by atoms with Crippen LogP contribution in [0, 0.1) is 27.7 Å². The molecule has 1 fully saturated rings. The van der Waals surface area contributed by atoms with Crippen LogP contribution in [0.15, 0.2) is 89.5 Å². The Labute approximate surface area is 412 Å². The van der Waals surface area contributed by atoms with Gasteiger partial charge in [-0.1, -0.05) is 61.9 Å². The summed E-state index contributed by atoms with van der Waals surface area (Å²) in [7, 11) is -4.44. The van der Waals surface area contributed by atoms with Gasteiger partial charge in [-0.2, -0.15) is 13.0 Å². The number of aromatic hydroxyl groups is 1. The van der Waals surface area contributed by atoms with E-state index in [-0.39, 0.29) is 41.2 Å². The van der Waals surface area contributed by atoms with Crippen LogP contribution in [0.2, 0.25) is 0 Å². The number of carbonyl (C=O) groups is 4. The van der Waals surface area contributed by atoms with Crippen molar-refractivity contribution >= 4 is 50.9 Å². The maximum absolute atomic E-state index is 13.7. The first-order chi connectivity index (χ1) is 33.0. The second-order valence-electron chi connectivity index (χ2n) is 20.1. The van der Waals surface area contributed by atoms with E-state index in [0.29, 0.717) is 69.0 Å². The fourth-order valence-corrected chi connectivity index (χ4v) is 10.6. The molecule has 15 heteroatoms. The van der Waals surface area contributed by atoms with Crippen LogP contribution < -0.4 is 15.0 Å². The van der Waals surface area contributed by atoms with E-state index in [4.69, 9.17) is 9.57 Å². The maximum Gasteiger partial charge on any atom is 0.333 e. The summed E-state index contributed by atoms with van der Waals surface area (Å²) in [5.74, 6) is -0.837. The average molecular weight is 976 g/mol. The molecule has 7 rings (SSSR count). The molecular weight excluding hydrogens is 909 g/mol. The molecular formula is C55H67N4O10S+. The number of fused-ring (bicyclic) bond motifs is 3. The molecule has 0 radical (unpaired) electrons. The van der Waals surface area contributed by atoms with Crippen LogP contribution in [0.3, 0.4) is 0 Å². The Balaban J connectivity index is 1.01. The fraction of sp³-hybridized carbons (Fsp3) is 0.436. The molecule has 1 atom stereocenters. The lowest BCUT2D eigenvalue weighted by atomic mass is 9.81. The van der Waals surface area contributed by atoms with E-state index in [9.17, 15) is 37.3 Å². The Morgan fingerprint density at radius 3 is 2.24 bits per heavy atom. The largest absolute Gasteiger partial charge is 0.507 e. The highest BCUT2D eigenvalue weighted by Crippen LogP contribution is 2.48. The van der Waals surface area contributed by atoms with E-state index < -0.39 is 38.9 Å². The number of aryl methyl sites for hydroxylation is 1. The van der Waals surface area contributed by atoms with Crippen molar-refractivity contribution in [1.82, 2.24) is 10.4 Å². The van der Waals surface area contributed by atoms with E-state index in [1.807, 2.05) is 78.0 Å². The smallest absolute Gasteiger partial charge is 0.333 e. The molecule has 14 nitrogen and oxygen atoms in total. The molecule has 1 saturated heterocycles. The van der Waals surface area contributed by atoms with Crippen molar-refractivity contribution in [3.63, 3.8) is 0 Å². The van der Waals surface area contributed by atoms with Gasteiger partial charge in [-0.15, -0.1) is 5.06 Å². The topological polar surface area (TPSA) is 183 Å². The molecule has 0 spiro atoms. The number of imide groups is 1. The zero-order valence-corrected chi connectivity index (χ0v) is 42.7. The Bertz CT molecular complexity index is 2890. The summed E-state index contributed by atoms with van der Waals surface area (Å²) in [6, 6.07) is 11.2. The molecule has 0 saturated carbocycles. The number of hydrogen-bond acceptors (Lipinski definition) is 10. The number of nitrogens with one attached hydrogen (secondary N) is 1. The Hall–Kier alpha value is -6.32. The second kappa shape index (κ2) is 20.2. The third kappa shape index (κ3) is 10.3. The van der Waals surface area contributed by atoms with E-state index >= 15 is 0 Å². The van der Waals surface area contributed by atoms with Gasteiger partial charge in [-0.05, 0) is 121 Å². The van der Waals surface area contributed by atoms with Crippen molar-refractivity contribution in [2.45, 2.75) is 141 Å². The number of amides is 3. The number of unbranched alkanes of at least 4 members (excludes halogenated alkanes) is 2. The van der Waals surface area contributed by atoms with Crippen molar-refractivity contribution in [3.8, 4) is 11.5 Å². The molecule has 3 aromatic carbocycles. The number of anilines is 1. The van der Waals surface area contributed by atoms with Gasteiger partial charge in [0.1, 0.15) is 18.0 Å². The SMILES string of the molecule is Cc1ccc2c(c1)C(C)(C)\C(=C/C=C/C=C/C=C/C1=[N+](CCCCCC(=O)ON3C(=O)CCC3=O)c3ccc(S(=O)(=O)O)cc3C1(C)C)N2CCCNC(=O)C1(C)CCc2c(C)c(O)c(C)c(C)c2O1. The summed E-state index contributed by atoms with van der Waals surface area (Å²) in [6.45, 7) is 19.8. The highest BCUT2D eigenvalue weighted by atomic mass is 32.2. The number of carbonyl (C=O) groups excluding carboxylic acids is 4. The Morgan fingerprint density at radius 2 is 1.53 bits per heavy atom. The number of hydroxylamine groups is 2. The third-order valence-electron chi connectivity index (χ3n) is 14.5. The van der Waals surface area contributed by atoms with Crippen molar-refractivity contribution in [2.75, 3.05) is 24.5 Å². The molecule has 3 N–H and O–H groups in total. The van der Waals surface area contributed by atoms with Crippen molar-refractivity contribution in [3.05, 3.63) is 124 Å². The van der Waals surface area contributed by atoms with Crippen LogP contribution in [0.1, 0.15) is 125 Å². The summed E-state index contributed by atoms with van der Waals surface area (Å²) >= 11 is 0. The number of rotatable bonds is 17. The van der Waals surface area contributed by atoms with Crippen LogP contribution in [0.25, 0.3) is 0 Å². The van der Waals surface area contributed by atoms with Crippen molar-refractivity contribution < 1.29 is 51.4 Å². The summed E-state index contributed by atoms with van der Waals surface area (Å²) in [5, 5.41) is 14.3. The molecule has 0 aromatic heterocycles. The monoisotopic (exact) mass is 975 g/mol. The van der Waals surface area contributed by atoms with Crippen molar-refractivity contribution in [1.29, 1.82) is 0 Å². The van der Waals surface area contributed by atoms with Gasteiger partial charge in [-0.3, -0.25) is 18.9 Å². The van der Waals surface area contributed by atoms with E-state index in [1.54, 1.807) is 6.07 Å². The van der Waals surface area contributed by atoms with Gasteiger partial charge in [0.15, 0.2) is 11.3 Å². The van der Waals surface area contributed by atoms with Gasteiger partial charge in [-0.25, -0.2) is 4.79 Å². The zero-order chi connectivity index (χ0) is 50.9. The van der Waals surface area contributed by atoms with Gasteiger partial charge >= 0.3 is 5.97 Å². The van der Waals surface area contributed by atoms with Crippen LogP contribution in [-0.4, -0.2) is 82.4 Å². The molecule has 4 aliphatic rings. The van der Waals surface area contributed by atoms with Crippen LogP contribution in [0.5, 0.6) is 11.5 Å². The number of nitrogens with zero attached hydrogens (tertiary/aromatic N) is 3. The molecule has 0 aliphatic carbocycles. The normalized spacial score (nSPS) is 20.0. The predicted octanol–water partition coefficient (Wildman–Crippen LogP) is 9.06. The molecule has 3 aromatic rings. The maximum atomic E-state index is 13.7. The lowest BCUT2D eigenvalue weighted by Gasteiger charge is -2.36.